The summed E-state index contributed by atoms with van der Waals surface area (Å²) in [5, 5.41) is 2.87. The Labute approximate surface area is 121 Å². The highest BCUT2D eigenvalue weighted by Crippen LogP contribution is 2.25. The van der Waals surface area contributed by atoms with Gasteiger partial charge in [-0.2, -0.15) is 0 Å². The highest BCUT2D eigenvalue weighted by atomic mass is 35.5. The molecule has 19 heavy (non-hydrogen) atoms. The number of hydrogen-bond acceptors (Lipinski definition) is 3. The number of esters is 1. The molecule has 0 saturated carbocycles. The van der Waals surface area contributed by atoms with Gasteiger partial charge in [0.2, 0.25) is 0 Å². The minimum atomic E-state index is -0.945. The molecular formula is C13H13Cl2NO3. The molecule has 1 amide bonds. The molecule has 0 aromatic heterocycles. The molecule has 1 unspecified atom stereocenters. The molecule has 0 aliphatic heterocycles. The van der Waals surface area contributed by atoms with Crippen molar-refractivity contribution in [2.75, 3.05) is 6.54 Å². The molecule has 0 radical (unpaired) electrons. The van der Waals surface area contributed by atoms with Crippen LogP contribution in [0.3, 0.4) is 0 Å². The molecule has 1 atom stereocenters. The third-order valence-corrected chi connectivity index (χ3v) is 2.87. The highest BCUT2D eigenvalue weighted by Gasteiger charge is 2.22. The normalized spacial score (nSPS) is 11.5. The van der Waals surface area contributed by atoms with Gasteiger partial charge in [-0.05, 0) is 19.1 Å². The fourth-order valence-electron chi connectivity index (χ4n) is 1.28. The van der Waals surface area contributed by atoms with E-state index in [1.165, 1.54) is 25.1 Å². The summed E-state index contributed by atoms with van der Waals surface area (Å²) in [5.74, 6) is -1.16. The van der Waals surface area contributed by atoms with E-state index in [1.807, 2.05) is 0 Å². The molecular weight excluding hydrogens is 289 g/mol. The molecule has 1 rings (SSSR count). The summed E-state index contributed by atoms with van der Waals surface area (Å²) in [6.07, 6.45) is 0.581. The molecule has 0 aliphatic rings. The topological polar surface area (TPSA) is 55.4 Å². The van der Waals surface area contributed by atoms with Gasteiger partial charge in [0.25, 0.3) is 5.91 Å². The number of nitrogens with one attached hydrogen (secondary N) is 1. The van der Waals surface area contributed by atoms with E-state index in [9.17, 15) is 9.59 Å². The SMILES string of the molecule is C=CCNC(=O)C(C)OC(=O)c1c(Cl)cccc1Cl. The average Bonchev–Trinajstić information content (AvgIpc) is 2.35. The van der Waals surface area contributed by atoms with Gasteiger partial charge in [-0.25, -0.2) is 4.79 Å². The van der Waals surface area contributed by atoms with Gasteiger partial charge in [0.1, 0.15) is 0 Å². The fourth-order valence-corrected chi connectivity index (χ4v) is 1.83. The van der Waals surface area contributed by atoms with E-state index in [0.717, 1.165) is 0 Å². The summed E-state index contributed by atoms with van der Waals surface area (Å²) in [7, 11) is 0. The van der Waals surface area contributed by atoms with Crippen LogP contribution >= 0.6 is 23.2 Å². The van der Waals surface area contributed by atoms with E-state index in [0.29, 0.717) is 6.54 Å². The zero-order valence-electron chi connectivity index (χ0n) is 10.3. The predicted octanol–water partition coefficient (Wildman–Crippen LogP) is 2.84. The molecule has 0 spiro atoms. The van der Waals surface area contributed by atoms with Crippen LogP contribution in [-0.4, -0.2) is 24.5 Å². The third-order valence-electron chi connectivity index (χ3n) is 2.24. The molecule has 6 heteroatoms. The van der Waals surface area contributed by atoms with Crippen LogP contribution in [0.4, 0.5) is 0 Å². The summed E-state index contributed by atoms with van der Waals surface area (Å²) in [6, 6.07) is 4.65. The minimum absolute atomic E-state index is 0.0502. The number of benzene rings is 1. The smallest absolute Gasteiger partial charge is 0.341 e. The van der Waals surface area contributed by atoms with E-state index >= 15 is 0 Å². The fraction of sp³-hybridized carbons (Fsp3) is 0.231. The Hall–Kier alpha value is -1.52. The lowest BCUT2D eigenvalue weighted by Crippen LogP contribution is -2.35. The average molecular weight is 302 g/mol. The predicted molar refractivity (Wildman–Crippen MR) is 74.5 cm³/mol. The Morgan fingerprint density at radius 1 is 1.42 bits per heavy atom. The van der Waals surface area contributed by atoms with Crippen LogP contribution in [0.15, 0.2) is 30.9 Å². The molecule has 102 valence electrons. The number of amides is 1. The van der Waals surface area contributed by atoms with Gasteiger partial charge in [0.15, 0.2) is 6.10 Å². The van der Waals surface area contributed by atoms with E-state index < -0.39 is 18.0 Å². The molecule has 0 fully saturated rings. The Morgan fingerprint density at radius 3 is 2.53 bits per heavy atom. The molecule has 0 saturated heterocycles. The van der Waals surface area contributed by atoms with Gasteiger partial charge in [-0.3, -0.25) is 4.79 Å². The molecule has 0 heterocycles. The molecule has 0 bridgehead atoms. The lowest BCUT2D eigenvalue weighted by atomic mass is 10.2. The van der Waals surface area contributed by atoms with Crippen molar-refractivity contribution in [2.45, 2.75) is 13.0 Å². The number of carbonyl (C=O) groups excluding carboxylic acids is 2. The summed E-state index contributed by atoms with van der Waals surface area (Å²) in [5.41, 5.74) is 0.0502. The molecule has 0 aliphatic carbocycles. The highest BCUT2D eigenvalue weighted by molar-refractivity contribution is 6.39. The maximum atomic E-state index is 11.9. The van der Waals surface area contributed by atoms with Crippen molar-refractivity contribution in [3.05, 3.63) is 46.5 Å². The van der Waals surface area contributed by atoms with E-state index in [-0.39, 0.29) is 15.6 Å². The quantitative estimate of drug-likeness (QED) is 0.672. The zero-order valence-corrected chi connectivity index (χ0v) is 11.8. The van der Waals surface area contributed by atoms with Crippen molar-refractivity contribution in [3.8, 4) is 0 Å². The van der Waals surface area contributed by atoms with Crippen LogP contribution in [-0.2, 0) is 9.53 Å². The van der Waals surface area contributed by atoms with Crippen molar-refractivity contribution in [2.24, 2.45) is 0 Å². The number of hydrogen-bond donors (Lipinski definition) is 1. The van der Waals surface area contributed by atoms with Gasteiger partial charge >= 0.3 is 5.97 Å². The lowest BCUT2D eigenvalue weighted by molar-refractivity contribution is -0.128. The van der Waals surface area contributed by atoms with Crippen molar-refractivity contribution in [1.29, 1.82) is 0 Å². The molecule has 4 nitrogen and oxygen atoms in total. The Kier molecular flexibility index (Phi) is 5.86. The van der Waals surface area contributed by atoms with Gasteiger partial charge in [-0.1, -0.05) is 35.3 Å². The summed E-state index contributed by atoms with van der Waals surface area (Å²) in [6.45, 7) is 5.22. The third kappa shape index (κ3) is 4.26. The van der Waals surface area contributed by atoms with Crippen LogP contribution in [0.2, 0.25) is 10.0 Å². The van der Waals surface area contributed by atoms with Gasteiger partial charge < -0.3 is 10.1 Å². The van der Waals surface area contributed by atoms with Crippen molar-refractivity contribution in [3.63, 3.8) is 0 Å². The maximum Gasteiger partial charge on any atom is 0.341 e. The number of halogens is 2. The van der Waals surface area contributed by atoms with Gasteiger partial charge in [0, 0.05) is 6.54 Å². The Balaban J connectivity index is 2.74. The second kappa shape index (κ2) is 7.16. The first kappa shape index (κ1) is 15.5. The van der Waals surface area contributed by atoms with E-state index in [1.54, 1.807) is 6.07 Å². The van der Waals surface area contributed by atoms with Gasteiger partial charge in [-0.15, -0.1) is 6.58 Å². The number of carbonyl (C=O) groups is 2. The maximum absolute atomic E-state index is 11.9. The van der Waals surface area contributed by atoms with Crippen LogP contribution in [0.1, 0.15) is 17.3 Å². The zero-order chi connectivity index (χ0) is 14.4. The van der Waals surface area contributed by atoms with Gasteiger partial charge in [0.05, 0.1) is 15.6 Å². The Morgan fingerprint density at radius 2 is 2.00 bits per heavy atom. The lowest BCUT2D eigenvalue weighted by Gasteiger charge is -2.13. The van der Waals surface area contributed by atoms with Crippen LogP contribution < -0.4 is 5.32 Å². The second-order valence-electron chi connectivity index (χ2n) is 3.68. The van der Waals surface area contributed by atoms with Crippen molar-refractivity contribution < 1.29 is 14.3 Å². The molecule has 1 aromatic rings. The monoisotopic (exact) mass is 301 g/mol. The van der Waals surface area contributed by atoms with Crippen LogP contribution in [0, 0.1) is 0 Å². The van der Waals surface area contributed by atoms with Crippen molar-refractivity contribution >= 4 is 35.1 Å². The number of rotatable bonds is 5. The first-order chi connectivity index (χ1) is 8.97. The van der Waals surface area contributed by atoms with E-state index in [2.05, 4.69) is 11.9 Å². The largest absolute Gasteiger partial charge is 0.449 e. The minimum Gasteiger partial charge on any atom is -0.449 e. The second-order valence-corrected chi connectivity index (χ2v) is 4.49. The Bertz CT molecular complexity index is 482. The summed E-state index contributed by atoms with van der Waals surface area (Å²) >= 11 is 11.7. The first-order valence-corrected chi connectivity index (χ1v) is 6.26. The number of ether oxygens (including phenoxy) is 1. The molecule has 1 N–H and O–H groups in total. The van der Waals surface area contributed by atoms with Crippen LogP contribution in [0.5, 0.6) is 0 Å². The standard InChI is InChI=1S/C13H13Cl2NO3/c1-3-7-16-12(17)8(2)19-13(18)11-9(14)5-4-6-10(11)15/h3-6,8H,1,7H2,2H3,(H,16,17). The van der Waals surface area contributed by atoms with Crippen LogP contribution in [0.25, 0.3) is 0 Å². The first-order valence-electron chi connectivity index (χ1n) is 5.51. The van der Waals surface area contributed by atoms with E-state index in [4.69, 9.17) is 27.9 Å². The summed E-state index contributed by atoms with van der Waals surface area (Å²) in [4.78, 5) is 23.4. The van der Waals surface area contributed by atoms with Crippen molar-refractivity contribution in [1.82, 2.24) is 5.32 Å². The summed E-state index contributed by atoms with van der Waals surface area (Å²) < 4.78 is 5.00. The molecule has 1 aromatic carbocycles.